The van der Waals surface area contributed by atoms with Gasteiger partial charge in [0.25, 0.3) is 5.56 Å². The van der Waals surface area contributed by atoms with Gasteiger partial charge < -0.3 is 18.5 Å². The van der Waals surface area contributed by atoms with Crippen LogP contribution in [0.4, 0.5) is 4.39 Å². The Kier molecular flexibility index (Phi) is 4.15. The molecule has 0 amide bonds. The summed E-state index contributed by atoms with van der Waals surface area (Å²) in [6.45, 7) is 0. The van der Waals surface area contributed by atoms with Gasteiger partial charge in [0.15, 0.2) is 0 Å². The van der Waals surface area contributed by atoms with E-state index in [-0.39, 0.29) is 16.7 Å². The monoisotopic (exact) mass is 381 g/mol. The van der Waals surface area contributed by atoms with E-state index in [0.717, 1.165) is 0 Å². The highest BCUT2D eigenvalue weighted by atomic mass is 19.1. The predicted molar refractivity (Wildman–Crippen MR) is 104 cm³/mol. The molecule has 0 N–H and O–H groups in total. The summed E-state index contributed by atoms with van der Waals surface area (Å²) in [7, 11) is 4.51. The van der Waals surface area contributed by atoms with Crippen molar-refractivity contribution < 1.29 is 18.3 Å². The van der Waals surface area contributed by atoms with Crippen LogP contribution >= 0.6 is 0 Å². The van der Waals surface area contributed by atoms with E-state index in [0.29, 0.717) is 27.8 Å². The Balaban J connectivity index is 2.05. The number of methoxy groups -OCH3 is 2. The van der Waals surface area contributed by atoms with Gasteiger partial charge in [0, 0.05) is 19.2 Å². The molecule has 0 saturated carbocycles. The second-order valence-corrected chi connectivity index (χ2v) is 6.31. The number of halogens is 1. The number of rotatable bonds is 3. The van der Waals surface area contributed by atoms with Crippen molar-refractivity contribution in [3.63, 3.8) is 0 Å². The number of aryl methyl sites for hydroxylation is 1. The van der Waals surface area contributed by atoms with Gasteiger partial charge in [0.05, 0.1) is 36.2 Å². The molecule has 4 rings (SSSR count). The molecule has 2 heterocycles. The van der Waals surface area contributed by atoms with Crippen LogP contribution in [0.15, 0.2) is 56.5 Å². The first-order chi connectivity index (χ1) is 13.4. The van der Waals surface area contributed by atoms with Gasteiger partial charge in [-0.05, 0) is 35.7 Å². The van der Waals surface area contributed by atoms with E-state index in [1.807, 2.05) is 0 Å². The average molecular weight is 381 g/mol. The lowest BCUT2D eigenvalue weighted by Crippen LogP contribution is -2.21. The Morgan fingerprint density at radius 3 is 2.46 bits per heavy atom. The first-order valence-electron chi connectivity index (χ1n) is 8.42. The maximum Gasteiger partial charge on any atom is 0.344 e. The van der Waals surface area contributed by atoms with Crippen molar-refractivity contribution in [3.05, 3.63) is 69.1 Å². The minimum atomic E-state index is -0.665. The smallest absolute Gasteiger partial charge is 0.344 e. The number of ether oxygens (including phenoxy) is 2. The summed E-state index contributed by atoms with van der Waals surface area (Å²) >= 11 is 0. The molecule has 28 heavy (non-hydrogen) atoms. The Morgan fingerprint density at radius 2 is 1.75 bits per heavy atom. The highest BCUT2D eigenvalue weighted by molar-refractivity contribution is 5.90. The lowest BCUT2D eigenvalue weighted by Gasteiger charge is -2.11. The van der Waals surface area contributed by atoms with Gasteiger partial charge >= 0.3 is 5.63 Å². The largest absolute Gasteiger partial charge is 0.496 e. The van der Waals surface area contributed by atoms with Crippen molar-refractivity contribution >= 4 is 21.9 Å². The molecule has 0 fully saturated rings. The lowest BCUT2D eigenvalue weighted by molar-refractivity contribution is 0.396. The van der Waals surface area contributed by atoms with Crippen molar-refractivity contribution in [1.82, 2.24) is 4.57 Å². The summed E-state index contributed by atoms with van der Waals surface area (Å²) < 4.78 is 30.9. The third kappa shape index (κ3) is 2.72. The molecule has 0 radical (unpaired) electrons. The molecule has 0 unspecified atom stereocenters. The number of benzene rings is 2. The van der Waals surface area contributed by atoms with Gasteiger partial charge in [-0.15, -0.1) is 0 Å². The quantitative estimate of drug-likeness (QED) is 0.508. The van der Waals surface area contributed by atoms with Crippen LogP contribution in [0.5, 0.6) is 11.5 Å². The molecule has 0 aliphatic heterocycles. The Labute approximate surface area is 158 Å². The van der Waals surface area contributed by atoms with E-state index < -0.39 is 17.0 Å². The second-order valence-electron chi connectivity index (χ2n) is 6.31. The summed E-state index contributed by atoms with van der Waals surface area (Å²) in [4.78, 5) is 25.5. The molecule has 142 valence electrons. The van der Waals surface area contributed by atoms with E-state index in [9.17, 15) is 14.0 Å². The number of hydrogen-bond acceptors (Lipinski definition) is 5. The molecule has 2 aromatic carbocycles. The zero-order valence-corrected chi connectivity index (χ0v) is 15.4. The molecule has 0 atom stereocenters. The average Bonchev–Trinajstić information content (AvgIpc) is 2.69. The van der Waals surface area contributed by atoms with Gasteiger partial charge in [0.1, 0.15) is 22.9 Å². The molecule has 6 nitrogen and oxygen atoms in total. The van der Waals surface area contributed by atoms with Gasteiger partial charge in [-0.1, -0.05) is 0 Å². The van der Waals surface area contributed by atoms with Crippen molar-refractivity contribution in [3.8, 4) is 22.6 Å². The SMILES string of the molecule is COc1cc(OC)c2cc(-c3cc4ccc(F)cc4n(C)c3=O)c(=O)oc2c1. The summed E-state index contributed by atoms with van der Waals surface area (Å²) in [5.74, 6) is 0.474. The van der Waals surface area contributed by atoms with E-state index in [2.05, 4.69) is 0 Å². The standard InChI is InChI=1S/C21H16FNO5/c1-23-17-7-12(22)5-4-11(17)6-14(20(23)24)15-10-16-18(27-3)8-13(26-2)9-19(16)28-21(15)25/h4-10H,1-3H3. The van der Waals surface area contributed by atoms with Crippen LogP contribution in [0.25, 0.3) is 33.0 Å². The van der Waals surface area contributed by atoms with Crippen molar-refractivity contribution in [1.29, 1.82) is 0 Å². The van der Waals surface area contributed by atoms with Crippen LogP contribution in [0.3, 0.4) is 0 Å². The van der Waals surface area contributed by atoms with Gasteiger partial charge in [-0.25, -0.2) is 9.18 Å². The predicted octanol–water partition coefficient (Wildman–Crippen LogP) is 3.47. The maximum absolute atomic E-state index is 13.6. The fourth-order valence-corrected chi connectivity index (χ4v) is 3.27. The Hall–Kier alpha value is -3.61. The number of pyridine rings is 1. The molecule has 4 aromatic rings. The summed E-state index contributed by atoms with van der Waals surface area (Å²) in [6.07, 6.45) is 0. The van der Waals surface area contributed by atoms with Crippen LogP contribution < -0.4 is 20.7 Å². The van der Waals surface area contributed by atoms with Crippen molar-refractivity contribution in [2.45, 2.75) is 0 Å². The highest BCUT2D eigenvalue weighted by Gasteiger charge is 2.17. The molecule has 2 aromatic heterocycles. The molecule has 0 bridgehead atoms. The summed E-state index contributed by atoms with van der Waals surface area (Å²) in [5, 5.41) is 1.15. The molecule has 0 aliphatic rings. The van der Waals surface area contributed by atoms with Crippen LogP contribution in [0.2, 0.25) is 0 Å². The van der Waals surface area contributed by atoms with Crippen molar-refractivity contribution in [2.75, 3.05) is 14.2 Å². The van der Waals surface area contributed by atoms with Crippen LogP contribution in [-0.2, 0) is 7.05 Å². The number of aromatic nitrogens is 1. The molecule has 7 heteroatoms. The minimum absolute atomic E-state index is 0.0998. The van der Waals surface area contributed by atoms with Crippen LogP contribution in [0.1, 0.15) is 0 Å². The first kappa shape index (κ1) is 17.8. The zero-order valence-electron chi connectivity index (χ0n) is 15.4. The number of nitrogens with zero attached hydrogens (tertiary/aromatic N) is 1. The number of fused-ring (bicyclic) bond motifs is 2. The van der Waals surface area contributed by atoms with E-state index >= 15 is 0 Å². The van der Waals surface area contributed by atoms with Gasteiger partial charge in [0.2, 0.25) is 0 Å². The molecular formula is C21H16FNO5. The van der Waals surface area contributed by atoms with Crippen molar-refractivity contribution in [2.24, 2.45) is 7.05 Å². The van der Waals surface area contributed by atoms with E-state index in [1.165, 1.54) is 38.0 Å². The van der Waals surface area contributed by atoms with E-state index in [1.54, 1.807) is 30.3 Å². The molecule has 0 saturated heterocycles. The normalized spacial score (nSPS) is 11.1. The molecule has 0 aliphatic carbocycles. The number of hydrogen-bond donors (Lipinski definition) is 0. The van der Waals surface area contributed by atoms with Crippen LogP contribution in [-0.4, -0.2) is 18.8 Å². The Bertz CT molecular complexity index is 1350. The Morgan fingerprint density at radius 1 is 0.964 bits per heavy atom. The highest BCUT2D eigenvalue weighted by Crippen LogP contribution is 2.32. The lowest BCUT2D eigenvalue weighted by atomic mass is 10.0. The zero-order chi connectivity index (χ0) is 20.0. The summed E-state index contributed by atoms with van der Waals surface area (Å²) in [5.41, 5.74) is -0.123. The fourth-order valence-electron chi connectivity index (χ4n) is 3.27. The van der Waals surface area contributed by atoms with Gasteiger partial charge in [-0.2, -0.15) is 0 Å². The second kappa shape index (κ2) is 6.53. The third-order valence-electron chi connectivity index (χ3n) is 4.72. The fraction of sp³-hybridized carbons (Fsp3) is 0.143. The molecular weight excluding hydrogens is 365 g/mol. The topological polar surface area (TPSA) is 70.7 Å². The molecule has 0 spiro atoms. The minimum Gasteiger partial charge on any atom is -0.496 e. The maximum atomic E-state index is 13.6. The summed E-state index contributed by atoms with van der Waals surface area (Å²) in [6, 6.07) is 10.5. The van der Waals surface area contributed by atoms with Crippen LogP contribution in [0, 0.1) is 5.82 Å². The first-order valence-corrected chi connectivity index (χ1v) is 8.42. The third-order valence-corrected chi connectivity index (χ3v) is 4.72. The van der Waals surface area contributed by atoms with E-state index in [4.69, 9.17) is 13.9 Å². The van der Waals surface area contributed by atoms with Gasteiger partial charge in [-0.3, -0.25) is 4.79 Å².